The number of halogens is 2. The number of nitrogens with zero attached hydrogens (tertiary/aromatic N) is 2. The van der Waals surface area contributed by atoms with E-state index in [-0.39, 0.29) is 5.69 Å². The predicted molar refractivity (Wildman–Crippen MR) is 106 cm³/mol. The highest BCUT2D eigenvalue weighted by Crippen LogP contribution is 2.31. The van der Waals surface area contributed by atoms with Crippen LogP contribution in [0.1, 0.15) is 0 Å². The number of amides is 2. The topological polar surface area (TPSA) is 82.7 Å². The molecule has 2 amide bonds. The number of aromatic amines is 1. The molecule has 0 aliphatic carbocycles. The summed E-state index contributed by atoms with van der Waals surface area (Å²) in [6, 6.07) is 13.2. The van der Waals surface area contributed by atoms with Gasteiger partial charge in [-0.1, -0.05) is 12.1 Å². The van der Waals surface area contributed by atoms with E-state index < -0.39 is 17.7 Å². The van der Waals surface area contributed by atoms with Gasteiger partial charge in [-0.05, 0) is 42.0 Å². The van der Waals surface area contributed by atoms with Gasteiger partial charge >= 0.3 is 6.03 Å². The number of hydrogen-bond acceptors (Lipinski definition) is 3. The number of rotatable bonds is 4. The number of pyridine rings is 1. The summed E-state index contributed by atoms with van der Waals surface area (Å²) in [5.74, 6) is -1.57. The van der Waals surface area contributed by atoms with Crippen LogP contribution in [0.15, 0.2) is 73.2 Å². The summed E-state index contributed by atoms with van der Waals surface area (Å²) in [7, 11) is 0. The molecule has 0 bridgehead atoms. The molecule has 2 aromatic carbocycles. The number of nitrogens with one attached hydrogen (secondary N) is 3. The number of benzene rings is 2. The maximum Gasteiger partial charge on any atom is 0.323 e. The second-order valence-electron chi connectivity index (χ2n) is 6.18. The summed E-state index contributed by atoms with van der Waals surface area (Å²) in [6.45, 7) is 0. The maximum atomic E-state index is 13.7. The molecule has 0 saturated carbocycles. The van der Waals surface area contributed by atoms with E-state index in [1.54, 1.807) is 36.8 Å². The van der Waals surface area contributed by atoms with Crippen molar-refractivity contribution in [3.8, 4) is 22.4 Å². The normalized spacial score (nSPS) is 10.6. The molecule has 0 spiro atoms. The molecule has 0 radical (unpaired) electrons. The summed E-state index contributed by atoms with van der Waals surface area (Å²) in [5.41, 5.74) is 3.81. The Kier molecular flexibility index (Phi) is 4.98. The molecule has 29 heavy (non-hydrogen) atoms. The van der Waals surface area contributed by atoms with Crippen molar-refractivity contribution in [2.75, 3.05) is 10.6 Å². The molecule has 0 fully saturated rings. The first-order valence-corrected chi connectivity index (χ1v) is 8.67. The number of carbonyl (C=O) groups is 1. The fraction of sp³-hybridized carbons (Fsp3) is 0. The Bertz CT molecular complexity index is 1160. The monoisotopic (exact) mass is 391 g/mol. The molecule has 0 atom stereocenters. The van der Waals surface area contributed by atoms with Crippen molar-refractivity contribution in [3.63, 3.8) is 0 Å². The van der Waals surface area contributed by atoms with E-state index in [1.165, 1.54) is 0 Å². The van der Waals surface area contributed by atoms with Gasteiger partial charge in [0.1, 0.15) is 11.6 Å². The van der Waals surface area contributed by atoms with Crippen LogP contribution in [-0.2, 0) is 0 Å². The molecule has 3 N–H and O–H groups in total. The zero-order chi connectivity index (χ0) is 20.2. The van der Waals surface area contributed by atoms with Crippen molar-refractivity contribution in [2.24, 2.45) is 0 Å². The smallest absolute Gasteiger partial charge is 0.308 e. The minimum absolute atomic E-state index is 0.117. The molecule has 0 unspecified atom stereocenters. The first kappa shape index (κ1) is 18.3. The van der Waals surface area contributed by atoms with E-state index in [2.05, 4.69) is 25.8 Å². The molecule has 8 heteroatoms. The van der Waals surface area contributed by atoms with Crippen LogP contribution >= 0.6 is 0 Å². The van der Waals surface area contributed by atoms with Gasteiger partial charge in [-0.15, -0.1) is 0 Å². The summed E-state index contributed by atoms with van der Waals surface area (Å²) in [6.07, 6.45) is 5.11. The van der Waals surface area contributed by atoms with Crippen LogP contribution in [0, 0.1) is 11.6 Å². The van der Waals surface area contributed by atoms with Crippen LogP contribution in [0.5, 0.6) is 0 Å². The van der Waals surface area contributed by atoms with Crippen LogP contribution in [-0.4, -0.2) is 21.2 Å². The molecular formula is C21H15F2N5O. The molecule has 144 valence electrons. The van der Waals surface area contributed by atoms with E-state index in [1.807, 2.05) is 18.2 Å². The first-order chi connectivity index (χ1) is 14.1. The van der Waals surface area contributed by atoms with Gasteiger partial charge in [-0.3, -0.25) is 10.1 Å². The third-order valence-corrected chi connectivity index (χ3v) is 4.22. The zero-order valence-electron chi connectivity index (χ0n) is 15.0. The Balaban J connectivity index is 1.54. The lowest BCUT2D eigenvalue weighted by Crippen LogP contribution is -2.20. The van der Waals surface area contributed by atoms with Gasteiger partial charge in [0, 0.05) is 35.3 Å². The Morgan fingerprint density at radius 1 is 0.931 bits per heavy atom. The van der Waals surface area contributed by atoms with Crippen LogP contribution < -0.4 is 10.6 Å². The standard InChI is InChI=1S/C21H15F2N5O/c22-15-4-5-19(18(23)11-15)27-21(29)26-16-3-1-2-14(10-16)20-17(12-25-28-20)13-6-8-24-9-7-13/h1-12H,(H,25,28)(H2,26,27,29). The lowest BCUT2D eigenvalue weighted by atomic mass is 10.0. The van der Waals surface area contributed by atoms with Crippen molar-refractivity contribution >= 4 is 17.4 Å². The van der Waals surface area contributed by atoms with Gasteiger partial charge in [0.2, 0.25) is 0 Å². The molecular weight excluding hydrogens is 376 g/mol. The molecule has 2 heterocycles. The lowest BCUT2D eigenvalue weighted by Gasteiger charge is -2.10. The summed E-state index contributed by atoms with van der Waals surface area (Å²) >= 11 is 0. The Morgan fingerprint density at radius 2 is 1.76 bits per heavy atom. The predicted octanol–water partition coefficient (Wildman–Crippen LogP) is 5.06. The number of urea groups is 1. The van der Waals surface area contributed by atoms with Crippen molar-refractivity contribution in [1.82, 2.24) is 15.2 Å². The molecule has 4 rings (SSSR count). The molecule has 2 aromatic heterocycles. The molecule has 0 aliphatic heterocycles. The minimum atomic E-state index is -0.853. The summed E-state index contributed by atoms with van der Waals surface area (Å²) in [5, 5.41) is 12.1. The van der Waals surface area contributed by atoms with Crippen LogP contribution in [0.25, 0.3) is 22.4 Å². The Labute approximate surface area is 164 Å². The largest absolute Gasteiger partial charge is 0.323 e. The summed E-state index contributed by atoms with van der Waals surface area (Å²) < 4.78 is 26.7. The third kappa shape index (κ3) is 4.11. The average Bonchev–Trinajstić information content (AvgIpc) is 3.21. The molecule has 0 saturated heterocycles. The highest BCUT2D eigenvalue weighted by Gasteiger charge is 2.12. The van der Waals surface area contributed by atoms with Crippen molar-refractivity contribution in [2.45, 2.75) is 0 Å². The van der Waals surface area contributed by atoms with Crippen molar-refractivity contribution < 1.29 is 13.6 Å². The molecule has 4 aromatic rings. The van der Waals surface area contributed by atoms with E-state index in [9.17, 15) is 13.6 Å². The van der Waals surface area contributed by atoms with Gasteiger partial charge in [-0.25, -0.2) is 13.6 Å². The van der Waals surface area contributed by atoms with Crippen molar-refractivity contribution in [1.29, 1.82) is 0 Å². The van der Waals surface area contributed by atoms with E-state index in [0.717, 1.165) is 34.5 Å². The Morgan fingerprint density at radius 3 is 2.55 bits per heavy atom. The van der Waals surface area contributed by atoms with Crippen LogP contribution in [0.4, 0.5) is 25.0 Å². The second-order valence-corrected chi connectivity index (χ2v) is 6.18. The van der Waals surface area contributed by atoms with E-state index >= 15 is 0 Å². The zero-order valence-corrected chi connectivity index (χ0v) is 15.0. The first-order valence-electron chi connectivity index (χ1n) is 8.67. The number of H-pyrrole nitrogens is 1. The average molecular weight is 391 g/mol. The number of hydrogen-bond donors (Lipinski definition) is 3. The van der Waals surface area contributed by atoms with Crippen LogP contribution in [0.3, 0.4) is 0 Å². The van der Waals surface area contributed by atoms with Gasteiger partial charge < -0.3 is 10.6 Å². The Hall–Kier alpha value is -4.07. The lowest BCUT2D eigenvalue weighted by molar-refractivity contribution is 0.262. The number of carbonyl (C=O) groups excluding carboxylic acids is 1. The fourth-order valence-corrected chi connectivity index (χ4v) is 2.88. The summed E-state index contributed by atoms with van der Waals surface area (Å²) in [4.78, 5) is 16.2. The highest BCUT2D eigenvalue weighted by molar-refractivity contribution is 6.00. The highest BCUT2D eigenvalue weighted by atomic mass is 19.1. The molecule has 0 aliphatic rings. The van der Waals surface area contributed by atoms with Gasteiger partial charge in [-0.2, -0.15) is 5.10 Å². The SMILES string of the molecule is O=C(Nc1cccc(-c2[nH]ncc2-c2ccncc2)c1)Nc1ccc(F)cc1F. The van der Waals surface area contributed by atoms with Gasteiger partial charge in [0.25, 0.3) is 0 Å². The number of aromatic nitrogens is 3. The molecule has 6 nitrogen and oxygen atoms in total. The maximum absolute atomic E-state index is 13.7. The quantitative estimate of drug-likeness (QED) is 0.455. The van der Waals surface area contributed by atoms with Gasteiger partial charge in [0.15, 0.2) is 0 Å². The van der Waals surface area contributed by atoms with E-state index in [4.69, 9.17) is 0 Å². The fourth-order valence-electron chi connectivity index (χ4n) is 2.88. The van der Waals surface area contributed by atoms with Crippen molar-refractivity contribution in [3.05, 3.63) is 84.8 Å². The van der Waals surface area contributed by atoms with Crippen LogP contribution in [0.2, 0.25) is 0 Å². The second kappa shape index (κ2) is 7.89. The van der Waals surface area contributed by atoms with Gasteiger partial charge in [0.05, 0.1) is 17.6 Å². The van der Waals surface area contributed by atoms with E-state index in [0.29, 0.717) is 11.8 Å². The minimum Gasteiger partial charge on any atom is -0.308 e. The number of anilines is 2. The third-order valence-electron chi connectivity index (χ3n) is 4.22.